The van der Waals surface area contributed by atoms with Gasteiger partial charge in [0, 0.05) is 32.1 Å². The van der Waals surface area contributed by atoms with Gasteiger partial charge in [-0.15, -0.1) is 24.0 Å². The van der Waals surface area contributed by atoms with Crippen LogP contribution in [-0.4, -0.2) is 33.9 Å². The van der Waals surface area contributed by atoms with E-state index in [2.05, 4.69) is 25.7 Å². The molecule has 0 aliphatic heterocycles. The molecule has 2 heterocycles. The van der Waals surface area contributed by atoms with E-state index >= 15 is 0 Å². The molecule has 0 spiro atoms. The van der Waals surface area contributed by atoms with Crippen molar-refractivity contribution in [2.75, 3.05) is 13.2 Å². The molecule has 0 unspecified atom stereocenters. The van der Waals surface area contributed by atoms with E-state index < -0.39 is 0 Å². The van der Waals surface area contributed by atoms with Crippen LogP contribution in [0.3, 0.4) is 0 Å². The molecule has 2 N–H and O–H groups in total. The Balaban J connectivity index is 0.00000341. The molecule has 0 amide bonds. The van der Waals surface area contributed by atoms with E-state index in [9.17, 15) is 0 Å². The lowest BCUT2D eigenvalue weighted by atomic mass is 10.2. The van der Waals surface area contributed by atoms with Crippen LogP contribution in [0.25, 0.3) is 0 Å². The number of aromatic nitrogens is 3. The summed E-state index contributed by atoms with van der Waals surface area (Å²) in [6, 6.07) is 13.3. The van der Waals surface area contributed by atoms with Gasteiger partial charge in [0.15, 0.2) is 5.96 Å². The van der Waals surface area contributed by atoms with Crippen molar-refractivity contribution in [2.45, 2.75) is 26.9 Å². The number of hydrogen-bond donors (Lipinski definition) is 2. The smallest absolute Gasteiger partial charge is 0.219 e. The van der Waals surface area contributed by atoms with Crippen LogP contribution in [0.4, 0.5) is 0 Å². The first-order valence-corrected chi connectivity index (χ1v) is 10.0. The van der Waals surface area contributed by atoms with Crippen LogP contribution < -0.4 is 20.1 Å². The van der Waals surface area contributed by atoms with Crippen molar-refractivity contribution in [1.29, 1.82) is 0 Å². The molecule has 9 heteroatoms. The highest BCUT2D eigenvalue weighted by Gasteiger charge is 2.04. The lowest BCUT2D eigenvalue weighted by molar-refractivity contribution is 0.339. The fraction of sp³-hybridized carbons (Fsp3) is 0.318. The summed E-state index contributed by atoms with van der Waals surface area (Å²) in [4.78, 5) is 8.95. The van der Waals surface area contributed by atoms with Gasteiger partial charge in [0.25, 0.3) is 0 Å². The monoisotopic (exact) mass is 536 g/mol. The van der Waals surface area contributed by atoms with Gasteiger partial charge in [-0.25, -0.2) is 9.98 Å². The second-order valence-electron chi connectivity index (χ2n) is 6.50. The van der Waals surface area contributed by atoms with Gasteiger partial charge in [0.2, 0.25) is 5.88 Å². The molecule has 3 aromatic rings. The van der Waals surface area contributed by atoms with Gasteiger partial charge in [-0.2, -0.15) is 5.10 Å². The molecule has 0 saturated heterocycles. The minimum absolute atomic E-state index is 0. The molecule has 31 heavy (non-hydrogen) atoms. The Morgan fingerprint density at radius 2 is 1.81 bits per heavy atom. The predicted octanol–water partition coefficient (Wildman–Crippen LogP) is 3.88. The molecular formula is C22H29IN6O2. The third-order valence-electron chi connectivity index (χ3n) is 4.28. The molecule has 1 aromatic carbocycles. The van der Waals surface area contributed by atoms with Gasteiger partial charge in [0.05, 0.1) is 25.4 Å². The van der Waals surface area contributed by atoms with Crippen LogP contribution in [0.1, 0.15) is 25.1 Å². The summed E-state index contributed by atoms with van der Waals surface area (Å²) < 4.78 is 13.1. The molecule has 8 nitrogen and oxygen atoms in total. The summed E-state index contributed by atoms with van der Waals surface area (Å²) >= 11 is 0. The Morgan fingerprint density at radius 3 is 2.48 bits per heavy atom. The Hall–Kier alpha value is -2.82. The van der Waals surface area contributed by atoms with Crippen LogP contribution in [0.5, 0.6) is 17.4 Å². The molecular weight excluding hydrogens is 507 g/mol. The average Bonchev–Trinajstić information content (AvgIpc) is 3.17. The van der Waals surface area contributed by atoms with Crippen molar-refractivity contribution in [3.05, 3.63) is 66.1 Å². The number of benzene rings is 1. The number of rotatable bonds is 9. The number of aliphatic imine (C=N–C) groups is 1. The highest BCUT2D eigenvalue weighted by Crippen LogP contribution is 2.23. The van der Waals surface area contributed by atoms with E-state index in [0.717, 1.165) is 29.5 Å². The van der Waals surface area contributed by atoms with Crippen molar-refractivity contribution in [1.82, 2.24) is 25.4 Å². The van der Waals surface area contributed by atoms with Crippen molar-refractivity contribution < 1.29 is 9.47 Å². The Bertz CT molecular complexity index is 959. The summed E-state index contributed by atoms with van der Waals surface area (Å²) in [6.45, 7) is 6.55. The molecule has 0 fully saturated rings. The zero-order valence-electron chi connectivity index (χ0n) is 18.0. The summed E-state index contributed by atoms with van der Waals surface area (Å²) in [6.07, 6.45) is 3.51. The first-order valence-electron chi connectivity index (χ1n) is 10.0. The van der Waals surface area contributed by atoms with Crippen LogP contribution in [0.15, 0.2) is 59.9 Å². The Morgan fingerprint density at radius 1 is 1.03 bits per heavy atom. The van der Waals surface area contributed by atoms with Crippen LogP contribution >= 0.6 is 24.0 Å². The molecule has 0 aliphatic carbocycles. The SMILES string of the molecule is CCNC(=NCc1ccnc(Oc2ccc(OCC)cc2)c1)NCc1ccnn1C.I. The number of guanidine groups is 1. The van der Waals surface area contributed by atoms with E-state index in [1.807, 2.05) is 68.0 Å². The largest absolute Gasteiger partial charge is 0.494 e. The molecule has 0 aliphatic rings. The van der Waals surface area contributed by atoms with E-state index in [0.29, 0.717) is 31.3 Å². The highest BCUT2D eigenvalue weighted by atomic mass is 127. The van der Waals surface area contributed by atoms with E-state index in [4.69, 9.17) is 9.47 Å². The Labute approximate surface area is 200 Å². The molecule has 166 valence electrons. The van der Waals surface area contributed by atoms with Crippen molar-refractivity contribution in [2.24, 2.45) is 12.0 Å². The lowest BCUT2D eigenvalue weighted by Crippen LogP contribution is -2.37. The quantitative estimate of drug-likeness (QED) is 0.245. The maximum Gasteiger partial charge on any atom is 0.219 e. The molecule has 0 atom stereocenters. The first kappa shape index (κ1) is 24.4. The number of nitrogens with one attached hydrogen (secondary N) is 2. The third kappa shape index (κ3) is 7.74. The third-order valence-corrected chi connectivity index (χ3v) is 4.28. The summed E-state index contributed by atoms with van der Waals surface area (Å²) in [5.74, 6) is 2.79. The minimum atomic E-state index is 0. The van der Waals surface area contributed by atoms with Gasteiger partial charge in [-0.1, -0.05) is 0 Å². The number of pyridine rings is 1. The second kappa shape index (κ2) is 12.8. The first-order chi connectivity index (χ1) is 14.7. The fourth-order valence-electron chi connectivity index (χ4n) is 2.76. The highest BCUT2D eigenvalue weighted by molar-refractivity contribution is 14.0. The Kier molecular flexibility index (Phi) is 10.1. The van der Waals surface area contributed by atoms with Crippen LogP contribution in [0, 0.1) is 0 Å². The standard InChI is InChI=1S/C22H28N6O2.HI/c1-4-23-22(26-16-18-11-13-27-28(18)3)25-15-17-10-12-24-21(14-17)30-20-8-6-19(7-9-20)29-5-2;/h6-14H,4-5,15-16H2,1-3H3,(H2,23,25,26);1H. The zero-order valence-corrected chi connectivity index (χ0v) is 20.4. The number of ether oxygens (including phenoxy) is 2. The number of halogens is 1. The summed E-state index contributed by atoms with van der Waals surface area (Å²) in [5.41, 5.74) is 2.08. The van der Waals surface area contributed by atoms with Crippen molar-refractivity contribution in [3.63, 3.8) is 0 Å². The molecule has 0 saturated carbocycles. The van der Waals surface area contributed by atoms with Crippen molar-refractivity contribution in [3.8, 4) is 17.4 Å². The van der Waals surface area contributed by atoms with Gasteiger partial charge < -0.3 is 20.1 Å². The molecule has 0 bridgehead atoms. The van der Waals surface area contributed by atoms with Crippen LogP contribution in [-0.2, 0) is 20.1 Å². The van der Waals surface area contributed by atoms with Crippen molar-refractivity contribution >= 4 is 29.9 Å². The van der Waals surface area contributed by atoms with E-state index in [1.54, 1.807) is 12.4 Å². The topological polar surface area (TPSA) is 85.6 Å². The normalized spacial score (nSPS) is 10.9. The van der Waals surface area contributed by atoms with Gasteiger partial charge in [0.1, 0.15) is 11.5 Å². The summed E-state index contributed by atoms with van der Waals surface area (Å²) in [7, 11) is 1.92. The molecule has 0 radical (unpaired) electrons. The van der Waals surface area contributed by atoms with Gasteiger partial charge in [-0.05, 0) is 55.8 Å². The lowest BCUT2D eigenvalue weighted by Gasteiger charge is -2.11. The maximum atomic E-state index is 5.86. The number of hydrogen-bond acceptors (Lipinski definition) is 5. The number of nitrogens with zero attached hydrogens (tertiary/aromatic N) is 4. The summed E-state index contributed by atoms with van der Waals surface area (Å²) in [5, 5.41) is 10.8. The number of aryl methyl sites for hydroxylation is 1. The maximum absolute atomic E-state index is 5.86. The predicted molar refractivity (Wildman–Crippen MR) is 132 cm³/mol. The fourth-order valence-corrected chi connectivity index (χ4v) is 2.76. The van der Waals surface area contributed by atoms with E-state index in [-0.39, 0.29) is 24.0 Å². The second-order valence-corrected chi connectivity index (χ2v) is 6.50. The van der Waals surface area contributed by atoms with Gasteiger partial charge >= 0.3 is 0 Å². The zero-order chi connectivity index (χ0) is 21.2. The van der Waals surface area contributed by atoms with Crippen LogP contribution in [0.2, 0.25) is 0 Å². The average molecular weight is 536 g/mol. The van der Waals surface area contributed by atoms with E-state index in [1.165, 1.54) is 0 Å². The minimum Gasteiger partial charge on any atom is -0.494 e. The molecule has 3 rings (SSSR count). The molecule has 2 aromatic heterocycles. The van der Waals surface area contributed by atoms with Gasteiger partial charge in [-0.3, -0.25) is 4.68 Å².